The number of hydrogen-bond donors (Lipinski definition) is 2. The molecule has 0 aliphatic rings. The number of fused-ring (bicyclic) bond motifs is 1. The van der Waals surface area contributed by atoms with Crippen LogP contribution in [0.5, 0.6) is 0 Å². The molecule has 0 fully saturated rings. The van der Waals surface area contributed by atoms with Crippen molar-refractivity contribution < 1.29 is 9.21 Å². The number of hydrogen-bond acceptors (Lipinski definition) is 5. The zero-order chi connectivity index (χ0) is 18.8. The smallest absolute Gasteiger partial charge is 0.277 e. The molecule has 7 heteroatoms. The molecular weight excluding hydrogens is 360 g/mol. The van der Waals surface area contributed by atoms with E-state index in [1.54, 1.807) is 0 Å². The highest BCUT2D eigenvalue weighted by atomic mass is 32.2. The first-order chi connectivity index (χ1) is 13.1. The summed E-state index contributed by atoms with van der Waals surface area (Å²) in [5.41, 5.74) is 3.72. The predicted molar refractivity (Wildman–Crippen MR) is 107 cm³/mol. The van der Waals surface area contributed by atoms with Crippen LogP contribution < -0.4 is 5.32 Å². The van der Waals surface area contributed by atoms with Gasteiger partial charge in [0.1, 0.15) is 0 Å². The maximum Gasteiger partial charge on any atom is 0.277 e. The molecule has 2 aromatic carbocycles. The Labute approximate surface area is 160 Å². The number of thioether (sulfide) groups is 1. The Balaban J connectivity index is 1.46. The molecule has 2 N–H and O–H groups in total. The van der Waals surface area contributed by atoms with Gasteiger partial charge in [-0.3, -0.25) is 4.79 Å². The van der Waals surface area contributed by atoms with Crippen molar-refractivity contribution >= 4 is 34.3 Å². The number of anilines is 1. The number of rotatable bonds is 5. The number of carbonyl (C=O) groups is 1. The normalized spacial score (nSPS) is 12.2. The SMILES string of the molecule is Cc1cccc(NC(=O)[C@@H](C)Sc2nnc(-c3c[nH]c4ccccc34)o2)c1. The zero-order valence-corrected chi connectivity index (χ0v) is 15.7. The van der Waals surface area contributed by atoms with Crippen molar-refractivity contribution in [2.75, 3.05) is 5.32 Å². The van der Waals surface area contributed by atoms with Gasteiger partial charge < -0.3 is 14.7 Å². The van der Waals surface area contributed by atoms with Crippen molar-refractivity contribution in [1.29, 1.82) is 0 Å². The lowest BCUT2D eigenvalue weighted by Crippen LogP contribution is -2.22. The van der Waals surface area contributed by atoms with Gasteiger partial charge in [0.15, 0.2) is 0 Å². The molecule has 6 nitrogen and oxygen atoms in total. The second-order valence-corrected chi connectivity index (χ2v) is 7.53. The summed E-state index contributed by atoms with van der Waals surface area (Å²) in [6, 6.07) is 15.6. The summed E-state index contributed by atoms with van der Waals surface area (Å²) in [6.45, 7) is 3.80. The minimum Gasteiger partial charge on any atom is -0.411 e. The second kappa shape index (κ2) is 7.28. The maximum absolute atomic E-state index is 12.4. The fourth-order valence-corrected chi connectivity index (χ4v) is 3.47. The molecule has 0 unspecified atom stereocenters. The minimum absolute atomic E-state index is 0.113. The summed E-state index contributed by atoms with van der Waals surface area (Å²) in [5, 5.41) is 12.1. The average Bonchev–Trinajstić information content (AvgIpc) is 3.28. The molecule has 27 heavy (non-hydrogen) atoms. The highest BCUT2D eigenvalue weighted by Gasteiger charge is 2.20. The molecule has 136 valence electrons. The van der Waals surface area contributed by atoms with Crippen molar-refractivity contribution in [3.05, 3.63) is 60.3 Å². The van der Waals surface area contributed by atoms with Crippen LogP contribution in [0.25, 0.3) is 22.4 Å². The molecule has 4 rings (SSSR count). The number of H-pyrrole nitrogens is 1. The molecule has 0 aliphatic carbocycles. The largest absolute Gasteiger partial charge is 0.411 e. The van der Waals surface area contributed by atoms with Crippen molar-refractivity contribution in [2.45, 2.75) is 24.3 Å². The van der Waals surface area contributed by atoms with Gasteiger partial charge in [-0.1, -0.05) is 42.1 Å². The Hall–Kier alpha value is -3.06. The van der Waals surface area contributed by atoms with Gasteiger partial charge in [0.2, 0.25) is 5.91 Å². The van der Waals surface area contributed by atoms with E-state index in [0.717, 1.165) is 27.7 Å². The van der Waals surface area contributed by atoms with E-state index in [1.165, 1.54) is 11.8 Å². The van der Waals surface area contributed by atoms with Crippen molar-refractivity contribution in [3.63, 3.8) is 0 Å². The summed E-state index contributed by atoms with van der Waals surface area (Å²) in [4.78, 5) is 15.6. The topological polar surface area (TPSA) is 83.8 Å². The highest BCUT2D eigenvalue weighted by molar-refractivity contribution is 8.00. The molecule has 0 radical (unpaired) electrons. The fraction of sp³-hybridized carbons (Fsp3) is 0.150. The Morgan fingerprint density at radius 2 is 2.04 bits per heavy atom. The van der Waals surface area contributed by atoms with Gasteiger partial charge in [-0.05, 0) is 37.6 Å². The molecule has 0 spiro atoms. The van der Waals surface area contributed by atoms with Crippen LogP contribution in [0.3, 0.4) is 0 Å². The number of nitrogens with zero attached hydrogens (tertiary/aromatic N) is 2. The van der Waals surface area contributed by atoms with Gasteiger partial charge in [-0.25, -0.2) is 0 Å². The van der Waals surface area contributed by atoms with Crippen LogP contribution in [0, 0.1) is 6.92 Å². The molecule has 0 bridgehead atoms. The Kier molecular flexibility index (Phi) is 4.68. The summed E-state index contributed by atoms with van der Waals surface area (Å²) < 4.78 is 5.77. The standard InChI is InChI=1S/C20H18N4O2S/c1-12-6-5-7-14(10-12)22-18(25)13(2)27-20-24-23-19(26-20)16-11-21-17-9-4-3-8-15(16)17/h3-11,13,21H,1-2H3,(H,22,25)/t13-/m1/s1. The van der Waals surface area contributed by atoms with E-state index in [4.69, 9.17) is 4.42 Å². The van der Waals surface area contributed by atoms with Crippen molar-refractivity contribution in [2.24, 2.45) is 0 Å². The maximum atomic E-state index is 12.4. The van der Waals surface area contributed by atoms with Gasteiger partial charge in [-0.2, -0.15) is 0 Å². The lowest BCUT2D eigenvalue weighted by atomic mass is 10.2. The minimum atomic E-state index is -0.373. The number of benzene rings is 2. The first-order valence-electron chi connectivity index (χ1n) is 8.54. The van der Waals surface area contributed by atoms with E-state index in [2.05, 4.69) is 20.5 Å². The summed E-state index contributed by atoms with van der Waals surface area (Å²) in [5.74, 6) is 0.318. The molecule has 0 saturated heterocycles. The second-order valence-electron chi connectivity index (χ2n) is 6.24. The van der Waals surface area contributed by atoms with Crippen LogP contribution in [0.15, 0.2) is 64.4 Å². The summed E-state index contributed by atoms with van der Waals surface area (Å²) in [7, 11) is 0. The number of amides is 1. The van der Waals surface area contributed by atoms with E-state index in [1.807, 2.05) is 68.6 Å². The third kappa shape index (κ3) is 3.73. The number of para-hydroxylation sites is 1. The quantitative estimate of drug-likeness (QED) is 0.494. The molecule has 1 amide bonds. The van der Waals surface area contributed by atoms with Gasteiger partial charge in [0, 0.05) is 22.8 Å². The molecule has 2 heterocycles. The molecule has 0 aliphatic heterocycles. The van der Waals surface area contributed by atoms with Gasteiger partial charge in [0.05, 0.1) is 10.8 Å². The van der Waals surface area contributed by atoms with Gasteiger partial charge in [-0.15, -0.1) is 10.2 Å². The van der Waals surface area contributed by atoms with Crippen LogP contribution in [-0.2, 0) is 4.79 Å². The van der Waals surface area contributed by atoms with Gasteiger partial charge >= 0.3 is 0 Å². The monoisotopic (exact) mass is 378 g/mol. The number of nitrogens with one attached hydrogen (secondary N) is 2. The van der Waals surface area contributed by atoms with E-state index >= 15 is 0 Å². The van der Waals surface area contributed by atoms with E-state index in [-0.39, 0.29) is 11.2 Å². The summed E-state index contributed by atoms with van der Waals surface area (Å²) >= 11 is 1.24. The van der Waals surface area contributed by atoms with Crippen LogP contribution in [0.2, 0.25) is 0 Å². The van der Waals surface area contributed by atoms with Crippen LogP contribution in [-0.4, -0.2) is 26.3 Å². The zero-order valence-electron chi connectivity index (χ0n) is 14.9. The number of aryl methyl sites for hydroxylation is 1. The van der Waals surface area contributed by atoms with Crippen LogP contribution in [0.1, 0.15) is 12.5 Å². The number of aromatic amines is 1. The van der Waals surface area contributed by atoms with Crippen LogP contribution in [0.4, 0.5) is 5.69 Å². The van der Waals surface area contributed by atoms with E-state index in [9.17, 15) is 4.79 Å². The molecular formula is C20H18N4O2S. The fourth-order valence-electron chi connectivity index (χ4n) is 2.79. The first kappa shape index (κ1) is 17.4. The number of carbonyl (C=O) groups excluding carboxylic acids is 1. The highest BCUT2D eigenvalue weighted by Crippen LogP contribution is 2.30. The first-order valence-corrected chi connectivity index (χ1v) is 9.42. The van der Waals surface area contributed by atoms with Crippen molar-refractivity contribution in [1.82, 2.24) is 15.2 Å². The predicted octanol–water partition coefficient (Wildman–Crippen LogP) is 4.65. The lowest BCUT2D eigenvalue weighted by molar-refractivity contribution is -0.115. The van der Waals surface area contributed by atoms with E-state index in [0.29, 0.717) is 11.1 Å². The lowest BCUT2D eigenvalue weighted by Gasteiger charge is -2.10. The Morgan fingerprint density at radius 3 is 2.89 bits per heavy atom. The molecule has 0 saturated carbocycles. The van der Waals surface area contributed by atoms with Gasteiger partial charge in [0.25, 0.3) is 11.1 Å². The third-order valence-electron chi connectivity index (χ3n) is 4.16. The molecule has 1 atom stereocenters. The molecule has 4 aromatic rings. The van der Waals surface area contributed by atoms with E-state index < -0.39 is 0 Å². The van der Waals surface area contributed by atoms with Crippen molar-refractivity contribution in [3.8, 4) is 11.5 Å². The Bertz CT molecular complexity index is 1100. The molecule has 2 aromatic heterocycles. The average molecular weight is 378 g/mol. The third-order valence-corrected chi connectivity index (χ3v) is 5.09. The van der Waals surface area contributed by atoms with Crippen LogP contribution >= 0.6 is 11.8 Å². The number of aromatic nitrogens is 3. The summed E-state index contributed by atoms with van der Waals surface area (Å²) in [6.07, 6.45) is 1.85. The Morgan fingerprint density at radius 1 is 1.19 bits per heavy atom.